The van der Waals surface area contributed by atoms with Crippen molar-refractivity contribution in [1.29, 1.82) is 0 Å². The van der Waals surface area contributed by atoms with Crippen molar-refractivity contribution in [2.24, 2.45) is 0 Å². The van der Waals surface area contributed by atoms with Gasteiger partial charge >= 0.3 is 5.97 Å². The molecule has 6 nitrogen and oxygen atoms in total. The molecule has 1 aromatic rings. The Labute approximate surface area is 169 Å². The Bertz CT molecular complexity index is 541. The second kappa shape index (κ2) is 24.5. The Morgan fingerprint density at radius 2 is 1.75 bits per heavy atom. The van der Waals surface area contributed by atoms with Crippen LogP contribution in [0.25, 0.3) is 0 Å². The van der Waals surface area contributed by atoms with E-state index in [4.69, 9.17) is 19.7 Å². The topological polar surface area (TPSA) is 95.9 Å². The maximum absolute atomic E-state index is 9.44. The van der Waals surface area contributed by atoms with Gasteiger partial charge in [0, 0.05) is 6.61 Å². The molecule has 1 aromatic carbocycles. The van der Waals surface area contributed by atoms with Crippen molar-refractivity contribution in [3.8, 4) is 0 Å². The number of hydrogen-bond acceptors (Lipinski definition) is 5. The zero-order valence-corrected chi connectivity index (χ0v) is 17.3. The maximum Gasteiger partial charge on any atom is 0.305 e. The maximum atomic E-state index is 9.44. The van der Waals surface area contributed by atoms with Gasteiger partial charge in [-0.15, -0.1) is 0 Å². The van der Waals surface area contributed by atoms with Crippen LogP contribution in [0.3, 0.4) is 0 Å². The highest BCUT2D eigenvalue weighted by Crippen LogP contribution is 2.34. The third-order valence-electron chi connectivity index (χ3n) is 2.69. The van der Waals surface area contributed by atoms with Gasteiger partial charge in [-0.3, -0.25) is 4.79 Å². The summed E-state index contributed by atoms with van der Waals surface area (Å²) in [5, 5.41) is 18.4. The summed E-state index contributed by atoms with van der Waals surface area (Å²) in [6.45, 7) is 12.6. The quantitative estimate of drug-likeness (QED) is 0.686. The van der Waals surface area contributed by atoms with Gasteiger partial charge in [-0.1, -0.05) is 55.6 Å². The van der Waals surface area contributed by atoms with Crippen LogP contribution in [0.2, 0.25) is 0 Å². The number of aliphatic carboxylic acids is 1. The Balaban J connectivity index is -0.000000309. The number of allylic oxidation sites excluding steroid dienone is 4. The first-order chi connectivity index (χ1) is 13.5. The molecule has 0 atom stereocenters. The summed E-state index contributed by atoms with van der Waals surface area (Å²) in [6.07, 6.45) is 4.75. The molecule has 0 bridgehead atoms. The predicted molar refractivity (Wildman–Crippen MR) is 115 cm³/mol. The molecule has 0 unspecified atom stereocenters. The number of nitrogens with one attached hydrogen (secondary N) is 1. The minimum Gasteiger partial charge on any atom is -0.481 e. The van der Waals surface area contributed by atoms with E-state index in [2.05, 4.69) is 30.6 Å². The second-order valence-electron chi connectivity index (χ2n) is 5.20. The smallest absolute Gasteiger partial charge is 0.305 e. The highest BCUT2D eigenvalue weighted by Gasteiger charge is 2.15. The number of ether oxygens (including phenoxy) is 1. The summed E-state index contributed by atoms with van der Waals surface area (Å²) < 4.78 is 5.22. The molecule has 1 aliphatic rings. The van der Waals surface area contributed by atoms with Crippen LogP contribution in [0.5, 0.6) is 0 Å². The molecule has 0 spiro atoms. The summed E-state index contributed by atoms with van der Waals surface area (Å²) in [6, 6.07) is 10.2. The minimum atomic E-state index is -0.961. The highest BCUT2D eigenvalue weighted by molar-refractivity contribution is 5.66. The van der Waals surface area contributed by atoms with Gasteiger partial charge < -0.3 is 25.1 Å². The number of benzene rings is 1. The van der Waals surface area contributed by atoms with Gasteiger partial charge in [0.25, 0.3) is 0 Å². The number of carbonyl (C=O) groups excluding carboxylic acids is 1. The molecule has 0 radical (unpaired) electrons. The number of hydrogen-bond donors (Lipinski definition) is 3. The fourth-order valence-electron chi connectivity index (χ4n) is 1.39. The molecule has 0 amide bonds. The molecule has 3 N–H and O–H groups in total. The van der Waals surface area contributed by atoms with E-state index in [0.29, 0.717) is 0 Å². The van der Waals surface area contributed by atoms with Crippen LogP contribution in [-0.2, 0) is 20.9 Å². The second-order valence-corrected chi connectivity index (χ2v) is 5.20. The fraction of sp³-hybridized carbons (Fsp3) is 0.364. The lowest BCUT2D eigenvalue weighted by atomic mass is 10.2. The Morgan fingerprint density at radius 3 is 2.00 bits per heavy atom. The summed E-state index contributed by atoms with van der Waals surface area (Å²) >= 11 is 0. The number of carboxylic acids is 1. The lowest BCUT2D eigenvalue weighted by molar-refractivity contribution is -0.137. The van der Waals surface area contributed by atoms with Gasteiger partial charge in [0.05, 0.1) is 19.6 Å². The average molecular weight is 394 g/mol. The molecule has 0 aliphatic heterocycles. The monoisotopic (exact) mass is 393 g/mol. The van der Waals surface area contributed by atoms with Crippen molar-refractivity contribution in [3.05, 3.63) is 72.4 Å². The number of rotatable bonds is 6. The van der Waals surface area contributed by atoms with Crippen molar-refractivity contribution in [3.63, 3.8) is 0 Å². The van der Waals surface area contributed by atoms with E-state index < -0.39 is 5.97 Å². The molecule has 6 heteroatoms. The van der Waals surface area contributed by atoms with E-state index in [0.717, 1.165) is 19.6 Å². The van der Waals surface area contributed by atoms with Gasteiger partial charge in [0.2, 0.25) is 0 Å². The standard InChI is InChI=1S/C9H12O.C7H8.C3H6O3.C2H7N.CH2O/c1-2-10-8-9-6-4-3-5-7-9;1-3-4-7-5-6(7)2;4-2-1-3(5)6;1-3-2;1-2/h3-7H,2,8H2,1H3;3-4H,1-2,5H2;4H,1-2H2,(H,5,6);3H,1-2H3;1H2/b;7-4-;;;. The van der Waals surface area contributed by atoms with Crippen LogP contribution in [0, 0.1) is 0 Å². The summed E-state index contributed by atoms with van der Waals surface area (Å²) in [5.41, 5.74) is 3.86. The van der Waals surface area contributed by atoms with Crippen LogP contribution in [0.4, 0.5) is 0 Å². The van der Waals surface area contributed by atoms with Crippen molar-refractivity contribution < 1.29 is 24.5 Å². The van der Waals surface area contributed by atoms with Crippen molar-refractivity contribution in [2.75, 3.05) is 27.3 Å². The molecule has 0 aromatic heterocycles. The van der Waals surface area contributed by atoms with Crippen LogP contribution < -0.4 is 5.32 Å². The first-order valence-electron chi connectivity index (χ1n) is 8.78. The average Bonchev–Trinajstić information content (AvgIpc) is 3.39. The number of carbonyl (C=O) groups is 2. The normalized spacial score (nSPS) is 11.7. The van der Waals surface area contributed by atoms with E-state index >= 15 is 0 Å². The van der Waals surface area contributed by atoms with Gasteiger partial charge in [0.1, 0.15) is 6.79 Å². The summed E-state index contributed by atoms with van der Waals surface area (Å²) in [7, 11) is 3.75. The van der Waals surface area contributed by atoms with E-state index in [-0.39, 0.29) is 13.0 Å². The molecule has 158 valence electrons. The first kappa shape index (κ1) is 30.2. The molecule has 0 heterocycles. The Hall–Kier alpha value is -2.54. The Morgan fingerprint density at radius 1 is 1.25 bits per heavy atom. The van der Waals surface area contributed by atoms with Crippen molar-refractivity contribution in [1.82, 2.24) is 5.32 Å². The number of aliphatic hydroxyl groups is 1. The number of aliphatic hydroxyl groups excluding tert-OH is 1. The third-order valence-corrected chi connectivity index (χ3v) is 2.69. The van der Waals surface area contributed by atoms with Crippen LogP contribution >= 0.6 is 0 Å². The Kier molecular flexibility index (Phi) is 26.4. The van der Waals surface area contributed by atoms with E-state index in [1.807, 2.05) is 52.1 Å². The minimum absolute atomic E-state index is 0.153. The molecule has 1 saturated carbocycles. The van der Waals surface area contributed by atoms with Gasteiger partial charge in [0.15, 0.2) is 0 Å². The molecule has 2 rings (SSSR count). The fourth-order valence-corrected chi connectivity index (χ4v) is 1.39. The predicted octanol–water partition coefficient (Wildman–Crippen LogP) is 3.39. The molecule has 1 aliphatic carbocycles. The summed E-state index contributed by atoms with van der Waals surface area (Å²) in [5.74, 6) is -0.961. The zero-order valence-electron chi connectivity index (χ0n) is 17.3. The summed E-state index contributed by atoms with van der Waals surface area (Å²) in [4.78, 5) is 17.4. The van der Waals surface area contributed by atoms with Crippen molar-refractivity contribution in [2.45, 2.75) is 26.4 Å². The van der Waals surface area contributed by atoms with Gasteiger partial charge in [-0.25, -0.2) is 0 Å². The van der Waals surface area contributed by atoms with E-state index in [9.17, 15) is 4.79 Å². The van der Waals surface area contributed by atoms with Gasteiger partial charge in [-0.05, 0) is 44.1 Å². The van der Waals surface area contributed by atoms with Crippen LogP contribution in [0.1, 0.15) is 25.3 Å². The number of carboxylic acid groups (broad SMARTS) is 1. The SMILES string of the molecule is C=C/C=C1/CC1=C.C=O.CCOCc1ccccc1.CNC.O=C(O)CCO. The van der Waals surface area contributed by atoms with Gasteiger partial charge in [-0.2, -0.15) is 0 Å². The molecule has 28 heavy (non-hydrogen) atoms. The van der Waals surface area contributed by atoms with E-state index in [1.54, 1.807) is 6.08 Å². The lowest BCUT2D eigenvalue weighted by Crippen LogP contribution is -1.96. The zero-order chi connectivity index (χ0) is 22.2. The van der Waals surface area contributed by atoms with Crippen molar-refractivity contribution >= 4 is 12.8 Å². The van der Waals surface area contributed by atoms with Crippen LogP contribution in [0.15, 0.2) is 66.8 Å². The van der Waals surface area contributed by atoms with E-state index in [1.165, 1.54) is 16.7 Å². The highest BCUT2D eigenvalue weighted by atomic mass is 16.5. The largest absolute Gasteiger partial charge is 0.481 e. The molecule has 0 saturated heterocycles. The van der Waals surface area contributed by atoms with Crippen LogP contribution in [-0.4, -0.2) is 50.3 Å². The molecular weight excluding hydrogens is 358 g/mol. The third kappa shape index (κ3) is 25.7. The molecule has 1 fully saturated rings. The molecular formula is C22H35NO5. The first-order valence-corrected chi connectivity index (χ1v) is 8.78. The lowest BCUT2D eigenvalue weighted by Gasteiger charge is -1.98.